The third-order valence-corrected chi connectivity index (χ3v) is 6.60. The van der Waals surface area contributed by atoms with Crippen LogP contribution in [0.2, 0.25) is 0 Å². The normalized spacial score (nSPS) is 18.6. The van der Waals surface area contributed by atoms with E-state index >= 15 is 0 Å². The molecule has 1 atom stereocenters. The predicted octanol–water partition coefficient (Wildman–Crippen LogP) is 4.43. The molecule has 1 unspecified atom stereocenters. The molecule has 2 aromatic rings. The van der Waals surface area contributed by atoms with Gasteiger partial charge >= 0.3 is 0 Å². The van der Waals surface area contributed by atoms with Gasteiger partial charge in [-0.15, -0.1) is 11.3 Å². The quantitative estimate of drug-likeness (QED) is 0.379. The van der Waals surface area contributed by atoms with Gasteiger partial charge in [-0.05, 0) is 61.6 Å². The molecule has 0 spiro atoms. The van der Waals surface area contributed by atoms with Crippen LogP contribution in [0.15, 0.2) is 41.3 Å². The molecular weight excluding hydrogens is 424 g/mol. The van der Waals surface area contributed by atoms with Gasteiger partial charge in [0, 0.05) is 11.4 Å². The smallest absolute Gasteiger partial charge is 0.295 e. The van der Waals surface area contributed by atoms with E-state index in [1.807, 2.05) is 48.6 Å². The van der Waals surface area contributed by atoms with E-state index in [1.54, 1.807) is 11.0 Å². The lowest BCUT2D eigenvalue weighted by Crippen LogP contribution is -2.32. The van der Waals surface area contributed by atoms with E-state index in [2.05, 4.69) is 20.8 Å². The summed E-state index contributed by atoms with van der Waals surface area (Å²) in [6, 6.07) is 8.77. The number of methoxy groups -OCH3 is 1. The molecule has 1 aromatic heterocycles. The predicted molar refractivity (Wildman–Crippen MR) is 128 cm³/mol. The first kappa shape index (κ1) is 24.0. The summed E-state index contributed by atoms with van der Waals surface area (Å²) in [6.45, 7) is 7.46. The Hall–Kier alpha value is -2.64. The van der Waals surface area contributed by atoms with E-state index in [4.69, 9.17) is 4.74 Å². The number of aliphatic hydroxyl groups excluding tert-OH is 1. The number of likely N-dealkylation sites (tertiary alicyclic amines) is 1. The minimum Gasteiger partial charge on any atom is -0.507 e. The fourth-order valence-corrected chi connectivity index (χ4v) is 4.76. The average molecular weight is 457 g/mol. The second-order valence-electron chi connectivity index (χ2n) is 9.33. The third kappa shape index (κ3) is 4.74. The Morgan fingerprint density at radius 1 is 1.22 bits per heavy atom. The molecule has 7 heteroatoms. The molecule has 1 saturated heterocycles. The molecule has 1 fully saturated rings. The first-order valence-corrected chi connectivity index (χ1v) is 11.6. The molecule has 1 aliphatic rings. The highest BCUT2D eigenvalue weighted by Crippen LogP contribution is 2.43. The summed E-state index contributed by atoms with van der Waals surface area (Å²) >= 11 is 1.47. The molecular formula is C25H32N2O4S. The molecule has 172 valence electrons. The van der Waals surface area contributed by atoms with Crippen LogP contribution in [0.4, 0.5) is 0 Å². The zero-order valence-electron chi connectivity index (χ0n) is 19.6. The van der Waals surface area contributed by atoms with E-state index in [0.717, 1.165) is 23.4 Å². The van der Waals surface area contributed by atoms with Crippen molar-refractivity contribution < 1.29 is 19.4 Å². The summed E-state index contributed by atoms with van der Waals surface area (Å²) in [5.41, 5.74) is 1.37. The van der Waals surface area contributed by atoms with Crippen molar-refractivity contribution in [1.82, 2.24) is 9.80 Å². The van der Waals surface area contributed by atoms with Gasteiger partial charge in [0.1, 0.15) is 11.5 Å². The fraction of sp³-hybridized carbons (Fsp3) is 0.440. The molecule has 1 amide bonds. The van der Waals surface area contributed by atoms with Crippen LogP contribution >= 0.6 is 11.3 Å². The number of thiophene rings is 1. The van der Waals surface area contributed by atoms with Crippen molar-refractivity contribution in [3.8, 4) is 5.75 Å². The van der Waals surface area contributed by atoms with E-state index in [-0.39, 0.29) is 16.7 Å². The third-order valence-electron chi connectivity index (χ3n) is 5.68. The van der Waals surface area contributed by atoms with Gasteiger partial charge in [0.05, 0.1) is 24.3 Å². The Bertz CT molecular complexity index is 1020. The second kappa shape index (κ2) is 9.46. The summed E-state index contributed by atoms with van der Waals surface area (Å²) in [6.07, 6.45) is 0.727. The van der Waals surface area contributed by atoms with Gasteiger partial charge in [0.2, 0.25) is 0 Å². The molecule has 1 aliphatic heterocycles. The molecule has 0 saturated carbocycles. The maximum absolute atomic E-state index is 13.2. The van der Waals surface area contributed by atoms with Crippen LogP contribution in [0.3, 0.4) is 0 Å². The number of carbonyl (C=O) groups is 2. The minimum atomic E-state index is -0.658. The molecule has 2 heterocycles. The number of hydrogen-bond acceptors (Lipinski definition) is 6. The number of nitrogens with zero attached hydrogens (tertiary/aromatic N) is 2. The van der Waals surface area contributed by atoms with Crippen LogP contribution in [-0.4, -0.2) is 60.9 Å². The number of rotatable bonds is 7. The lowest BCUT2D eigenvalue weighted by Gasteiger charge is -2.25. The lowest BCUT2D eigenvalue weighted by molar-refractivity contribution is -0.139. The van der Waals surface area contributed by atoms with Crippen LogP contribution in [0.1, 0.15) is 49.2 Å². The maximum Gasteiger partial charge on any atom is 0.295 e. The first-order chi connectivity index (χ1) is 15.1. The monoisotopic (exact) mass is 456 g/mol. The Morgan fingerprint density at radius 2 is 1.94 bits per heavy atom. The van der Waals surface area contributed by atoms with Crippen molar-refractivity contribution in [2.75, 3.05) is 34.3 Å². The van der Waals surface area contributed by atoms with Crippen molar-refractivity contribution in [3.63, 3.8) is 0 Å². The van der Waals surface area contributed by atoms with E-state index in [9.17, 15) is 14.7 Å². The van der Waals surface area contributed by atoms with Gasteiger partial charge in [0.15, 0.2) is 0 Å². The number of amides is 1. The van der Waals surface area contributed by atoms with Crippen LogP contribution < -0.4 is 4.74 Å². The van der Waals surface area contributed by atoms with E-state index in [0.29, 0.717) is 17.9 Å². The summed E-state index contributed by atoms with van der Waals surface area (Å²) in [5.74, 6) is -0.970. The molecule has 0 bridgehead atoms. The van der Waals surface area contributed by atoms with Crippen molar-refractivity contribution >= 4 is 28.8 Å². The number of benzene rings is 1. The van der Waals surface area contributed by atoms with Gasteiger partial charge in [0.25, 0.3) is 11.7 Å². The molecule has 3 rings (SSSR count). The number of ketones is 1. The van der Waals surface area contributed by atoms with Crippen molar-refractivity contribution in [1.29, 1.82) is 0 Å². The summed E-state index contributed by atoms with van der Waals surface area (Å²) < 4.78 is 5.49. The fourth-order valence-electron chi connectivity index (χ4n) is 3.92. The zero-order valence-corrected chi connectivity index (χ0v) is 20.5. The standard InChI is InChI=1S/C25H32N2O4S/c1-25(2,3)16-10-11-18(31-6)17(15-16)22(28)20-21(19-9-7-14-32-19)27(24(30)23(20)29)13-8-12-26(4)5/h7,9-11,14-15,21,28H,8,12-13H2,1-6H3/b22-20+. The largest absolute Gasteiger partial charge is 0.507 e. The molecule has 6 nitrogen and oxygen atoms in total. The van der Waals surface area contributed by atoms with Crippen molar-refractivity contribution in [2.24, 2.45) is 0 Å². The van der Waals surface area contributed by atoms with Crippen LogP contribution in [-0.2, 0) is 15.0 Å². The van der Waals surface area contributed by atoms with Crippen LogP contribution in [0, 0.1) is 0 Å². The molecule has 32 heavy (non-hydrogen) atoms. The van der Waals surface area contributed by atoms with Crippen molar-refractivity contribution in [2.45, 2.75) is 38.6 Å². The Labute approximate surface area is 194 Å². The summed E-state index contributed by atoms with van der Waals surface area (Å²) in [4.78, 5) is 30.6. The zero-order chi connectivity index (χ0) is 23.6. The second-order valence-corrected chi connectivity index (χ2v) is 10.3. The topological polar surface area (TPSA) is 70.1 Å². The molecule has 1 N–H and O–H groups in total. The van der Waals surface area contributed by atoms with Crippen molar-refractivity contribution in [3.05, 3.63) is 57.3 Å². The maximum atomic E-state index is 13.2. The van der Waals surface area contributed by atoms with Gasteiger partial charge < -0.3 is 19.6 Å². The molecule has 0 radical (unpaired) electrons. The highest BCUT2D eigenvalue weighted by Gasteiger charge is 2.46. The highest BCUT2D eigenvalue weighted by molar-refractivity contribution is 7.10. The van der Waals surface area contributed by atoms with Crippen LogP contribution in [0.5, 0.6) is 5.75 Å². The average Bonchev–Trinajstić information content (AvgIpc) is 3.34. The van der Waals surface area contributed by atoms with E-state index in [1.165, 1.54) is 18.4 Å². The summed E-state index contributed by atoms with van der Waals surface area (Å²) in [7, 11) is 5.47. The van der Waals surface area contributed by atoms with Crippen LogP contribution in [0.25, 0.3) is 5.76 Å². The summed E-state index contributed by atoms with van der Waals surface area (Å²) in [5, 5.41) is 13.3. The molecule has 0 aliphatic carbocycles. The number of Topliss-reactive ketones (excluding diaryl/α,β-unsaturated/α-hetero) is 1. The number of carbonyl (C=O) groups excluding carboxylic acids is 2. The minimum absolute atomic E-state index is 0.117. The Morgan fingerprint density at radius 3 is 2.50 bits per heavy atom. The first-order valence-electron chi connectivity index (χ1n) is 10.7. The number of aliphatic hydroxyl groups is 1. The van der Waals surface area contributed by atoms with E-state index < -0.39 is 17.7 Å². The molecule has 1 aromatic carbocycles. The van der Waals surface area contributed by atoms with Gasteiger partial charge in [-0.25, -0.2) is 0 Å². The Kier molecular flexibility index (Phi) is 7.10. The van der Waals surface area contributed by atoms with Gasteiger partial charge in [-0.2, -0.15) is 0 Å². The highest BCUT2D eigenvalue weighted by atomic mass is 32.1. The number of ether oxygens (including phenoxy) is 1. The SMILES string of the molecule is COc1ccc(C(C)(C)C)cc1/C(O)=C1\C(=O)C(=O)N(CCCN(C)C)C1c1cccs1. The lowest BCUT2D eigenvalue weighted by atomic mass is 9.85. The number of hydrogen-bond donors (Lipinski definition) is 1. The van der Waals surface area contributed by atoms with Gasteiger partial charge in [-0.1, -0.05) is 32.9 Å². The van der Waals surface area contributed by atoms with Gasteiger partial charge in [-0.3, -0.25) is 9.59 Å². The Balaban J connectivity index is 2.15.